The summed E-state index contributed by atoms with van der Waals surface area (Å²) in [5.74, 6) is -0.918. The van der Waals surface area contributed by atoms with Gasteiger partial charge in [-0.3, -0.25) is 9.59 Å². The zero-order valence-electron chi connectivity index (χ0n) is 24.6. The lowest BCUT2D eigenvalue weighted by Crippen LogP contribution is -2.51. The van der Waals surface area contributed by atoms with E-state index in [-0.39, 0.29) is 17.9 Å². The van der Waals surface area contributed by atoms with Crippen LogP contribution in [0.15, 0.2) is 72.8 Å². The van der Waals surface area contributed by atoms with Crippen molar-refractivity contribution in [2.75, 3.05) is 43.9 Å². The molecule has 0 saturated carbocycles. The molecule has 1 fully saturated rings. The molecule has 3 amide bonds. The number of carbonyl (C=O) groups excluding carboxylic acids is 4. The van der Waals surface area contributed by atoms with E-state index in [1.54, 1.807) is 52.3 Å². The monoisotopic (exact) mass is 582 g/mol. The van der Waals surface area contributed by atoms with E-state index in [0.29, 0.717) is 65.5 Å². The minimum absolute atomic E-state index is 0.123. The summed E-state index contributed by atoms with van der Waals surface area (Å²) in [7, 11) is 1.31. The van der Waals surface area contributed by atoms with E-state index in [2.05, 4.69) is 10.6 Å². The fourth-order valence-corrected chi connectivity index (χ4v) is 4.99. The fraction of sp³-hybridized carbons (Fsp3) is 0.273. The summed E-state index contributed by atoms with van der Waals surface area (Å²) in [4.78, 5) is 54.2. The Bertz CT molecular complexity index is 1580. The van der Waals surface area contributed by atoms with Gasteiger partial charge in [-0.05, 0) is 62.7 Å². The minimum atomic E-state index is -0.574. The number of amides is 3. The highest BCUT2D eigenvalue weighted by molar-refractivity contribution is 6.37. The average Bonchev–Trinajstić information content (AvgIpc) is 3.33. The van der Waals surface area contributed by atoms with Gasteiger partial charge >= 0.3 is 12.1 Å². The number of fused-ring (bicyclic) bond motifs is 1. The Morgan fingerprint density at radius 1 is 0.814 bits per heavy atom. The SMILES string of the molecule is COC(=O)c1ccc2c(c1)NC(=O)/C2=C(\Nc1ccc(C(=O)N2CCN(C(=O)OC(C)(C)C)CC2)cc1)c1ccccc1. The standard InChI is InChI=1S/C33H34N4O6/c1-33(2,3)43-32(41)37-18-16-36(17-19-37)30(39)22-10-13-24(14-11-22)34-28(21-8-6-5-7-9-21)27-25-15-12-23(31(40)42-4)20-26(25)35-29(27)38/h5-15,20,34H,16-19H2,1-4H3,(H,35,38)/b28-27-. The average molecular weight is 583 g/mol. The zero-order chi connectivity index (χ0) is 30.7. The number of benzene rings is 3. The molecule has 1 saturated heterocycles. The van der Waals surface area contributed by atoms with Gasteiger partial charge in [-0.25, -0.2) is 9.59 Å². The molecule has 10 heteroatoms. The zero-order valence-corrected chi connectivity index (χ0v) is 24.6. The molecule has 0 aromatic heterocycles. The molecular formula is C33H34N4O6. The molecule has 3 aromatic carbocycles. The van der Waals surface area contributed by atoms with Gasteiger partial charge in [-0.2, -0.15) is 0 Å². The molecule has 0 bridgehead atoms. The molecule has 2 N–H and O–H groups in total. The van der Waals surface area contributed by atoms with Crippen molar-refractivity contribution < 1.29 is 28.7 Å². The van der Waals surface area contributed by atoms with Crippen LogP contribution >= 0.6 is 0 Å². The largest absolute Gasteiger partial charge is 0.465 e. The van der Waals surface area contributed by atoms with E-state index < -0.39 is 11.6 Å². The number of nitrogens with zero attached hydrogens (tertiary/aromatic N) is 2. The third-order valence-electron chi connectivity index (χ3n) is 7.12. The van der Waals surface area contributed by atoms with Gasteiger partial charge in [0.15, 0.2) is 0 Å². The van der Waals surface area contributed by atoms with Crippen molar-refractivity contribution >= 4 is 46.5 Å². The number of nitrogens with one attached hydrogen (secondary N) is 2. The number of rotatable bonds is 5. The molecule has 2 aliphatic heterocycles. The molecule has 10 nitrogen and oxygen atoms in total. The first-order valence-corrected chi connectivity index (χ1v) is 14.0. The molecule has 0 radical (unpaired) electrons. The molecule has 0 aliphatic carbocycles. The smallest absolute Gasteiger partial charge is 0.410 e. The number of piperazine rings is 1. The lowest BCUT2D eigenvalue weighted by molar-refractivity contribution is -0.110. The van der Waals surface area contributed by atoms with E-state index in [0.717, 1.165) is 5.56 Å². The highest BCUT2D eigenvalue weighted by atomic mass is 16.6. The van der Waals surface area contributed by atoms with E-state index >= 15 is 0 Å². The van der Waals surface area contributed by atoms with Crippen LogP contribution in [0, 0.1) is 0 Å². The molecule has 43 heavy (non-hydrogen) atoms. The second-order valence-electron chi connectivity index (χ2n) is 11.3. The van der Waals surface area contributed by atoms with Crippen molar-refractivity contribution in [3.8, 4) is 0 Å². The maximum absolute atomic E-state index is 13.2. The van der Waals surface area contributed by atoms with Gasteiger partial charge in [0.1, 0.15) is 5.60 Å². The quantitative estimate of drug-likeness (QED) is 0.318. The molecule has 0 spiro atoms. The number of anilines is 2. The summed E-state index contributed by atoms with van der Waals surface area (Å²) in [6.45, 7) is 7.10. The predicted molar refractivity (Wildman–Crippen MR) is 163 cm³/mol. The van der Waals surface area contributed by atoms with Crippen LogP contribution in [0.3, 0.4) is 0 Å². The molecule has 2 heterocycles. The van der Waals surface area contributed by atoms with Crippen molar-refractivity contribution in [2.45, 2.75) is 26.4 Å². The van der Waals surface area contributed by atoms with E-state index in [4.69, 9.17) is 9.47 Å². The van der Waals surface area contributed by atoms with Crippen molar-refractivity contribution in [3.63, 3.8) is 0 Å². The van der Waals surface area contributed by atoms with Crippen molar-refractivity contribution in [1.29, 1.82) is 0 Å². The molecule has 222 valence electrons. The summed E-state index contributed by atoms with van der Waals surface area (Å²) >= 11 is 0. The van der Waals surface area contributed by atoms with Gasteiger partial charge in [0.05, 0.1) is 29.6 Å². The highest BCUT2D eigenvalue weighted by Crippen LogP contribution is 2.38. The maximum Gasteiger partial charge on any atom is 0.410 e. The molecule has 3 aromatic rings. The van der Waals surface area contributed by atoms with Crippen LogP contribution in [0.1, 0.15) is 52.6 Å². The van der Waals surface area contributed by atoms with Crippen molar-refractivity contribution in [3.05, 3.63) is 95.1 Å². The number of carbonyl (C=O) groups is 4. The van der Waals surface area contributed by atoms with Gasteiger partial charge in [0.2, 0.25) is 0 Å². The van der Waals surface area contributed by atoms with Gasteiger partial charge in [-0.15, -0.1) is 0 Å². The summed E-state index contributed by atoms with van der Waals surface area (Å²) in [5.41, 5.74) is 3.95. The highest BCUT2D eigenvalue weighted by Gasteiger charge is 2.30. The maximum atomic E-state index is 13.2. The Morgan fingerprint density at radius 2 is 1.44 bits per heavy atom. The molecule has 2 aliphatic rings. The number of methoxy groups -OCH3 is 1. The lowest BCUT2D eigenvalue weighted by Gasteiger charge is -2.35. The first kappa shape index (κ1) is 29.4. The fourth-order valence-electron chi connectivity index (χ4n) is 4.99. The molecular weight excluding hydrogens is 548 g/mol. The summed E-state index contributed by atoms with van der Waals surface area (Å²) in [5, 5.41) is 6.24. The predicted octanol–water partition coefficient (Wildman–Crippen LogP) is 5.10. The Labute approximate surface area is 250 Å². The van der Waals surface area contributed by atoms with Crippen molar-refractivity contribution in [2.24, 2.45) is 0 Å². The van der Waals surface area contributed by atoms with Crippen LogP contribution in [0.5, 0.6) is 0 Å². The number of ether oxygens (including phenoxy) is 2. The molecule has 0 unspecified atom stereocenters. The molecule has 5 rings (SSSR count). The van der Waals surface area contributed by atoms with Crippen LogP contribution in [0.25, 0.3) is 11.3 Å². The van der Waals surface area contributed by atoms with E-state index in [9.17, 15) is 19.2 Å². The number of hydrogen-bond acceptors (Lipinski definition) is 7. The van der Waals surface area contributed by atoms with E-state index in [1.807, 2.05) is 51.1 Å². The van der Waals surface area contributed by atoms with Gasteiger partial charge in [-0.1, -0.05) is 36.4 Å². The first-order valence-electron chi connectivity index (χ1n) is 14.0. The number of esters is 1. The van der Waals surface area contributed by atoms with Crippen molar-refractivity contribution in [1.82, 2.24) is 9.80 Å². The van der Waals surface area contributed by atoms with Gasteiger partial charge < -0.3 is 29.9 Å². The van der Waals surface area contributed by atoms with Crippen LogP contribution in [0.4, 0.5) is 16.2 Å². The Morgan fingerprint density at radius 3 is 2.07 bits per heavy atom. The number of hydrogen-bond donors (Lipinski definition) is 2. The van der Waals surface area contributed by atoms with Crippen LogP contribution in [0.2, 0.25) is 0 Å². The Kier molecular flexibility index (Phi) is 8.20. The van der Waals surface area contributed by atoms with E-state index in [1.165, 1.54) is 7.11 Å². The summed E-state index contributed by atoms with van der Waals surface area (Å²) in [6, 6.07) is 21.5. The first-order chi connectivity index (χ1) is 20.5. The second kappa shape index (κ2) is 12.0. The van der Waals surface area contributed by atoms with Gasteiger partial charge in [0, 0.05) is 43.0 Å². The third-order valence-corrected chi connectivity index (χ3v) is 7.12. The Balaban J connectivity index is 1.35. The summed E-state index contributed by atoms with van der Waals surface area (Å²) in [6.07, 6.45) is -0.374. The lowest BCUT2D eigenvalue weighted by atomic mass is 9.99. The van der Waals surface area contributed by atoms with Crippen LogP contribution in [-0.2, 0) is 14.3 Å². The normalized spacial score (nSPS) is 15.8. The molecule has 0 atom stereocenters. The third kappa shape index (κ3) is 6.53. The van der Waals surface area contributed by atoms with Crippen LogP contribution in [-0.4, -0.2) is 72.6 Å². The topological polar surface area (TPSA) is 117 Å². The minimum Gasteiger partial charge on any atom is -0.465 e. The second-order valence-corrected chi connectivity index (χ2v) is 11.3. The Hall–Kier alpha value is -5.12. The summed E-state index contributed by atoms with van der Waals surface area (Å²) < 4.78 is 10.3. The van der Waals surface area contributed by atoms with Gasteiger partial charge in [0.25, 0.3) is 11.8 Å². The van der Waals surface area contributed by atoms with Crippen LogP contribution < -0.4 is 10.6 Å².